The van der Waals surface area contributed by atoms with Crippen molar-refractivity contribution in [3.8, 4) is 11.5 Å². The zero-order valence-electron chi connectivity index (χ0n) is 17.9. The second-order valence-corrected chi connectivity index (χ2v) is 8.30. The third-order valence-electron chi connectivity index (χ3n) is 4.59. The molecule has 0 atom stereocenters. The van der Waals surface area contributed by atoms with Crippen LogP contribution in [0.5, 0.6) is 11.5 Å². The predicted octanol–water partition coefficient (Wildman–Crippen LogP) is 5.65. The summed E-state index contributed by atoms with van der Waals surface area (Å²) in [5, 5.41) is 6.30. The number of benzene rings is 3. The maximum absolute atomic E-state index is 12.9. The predicted molar refractivity (Wildman–Crippen MR) is 129 cm³/mol. The average molecular weight is 471 g/mol. The first-order chi connectivity index (χ1) is 15.4. The number of thioether (sulfide) groups is 1. The number of hydrogen-bond donors (Lipinski definition) is 2. The molecule has 3 aromatic carbocycles. The molecule has 0 aliphatic rings. The summed E-state index contributed by atoms with van der Waals surface area (Å²) in [5.41, 5.74) is 2.53. The van der Waals surface area contributed by atoms with E-state index in [0.717, 1.165) is 10.5 Å². The fourth-order valence-electron chi connectivity index (χ4n) is 3.00. The molecule has 3 rings (SSSR count). The minimum atomic E-state index is -0.351. The highest BCUT2D eigenvalue weighted by Gasteiger charge is 2.18. The molecule has 0 radical (unpaired) electrons. The molecular formula is C24H23ClN2O4S. The van der Waals surface area contributed by atoms with Crippen molar-refractivity contribution >= 4 is 46.6 Å². The van der Waals surface area contributed by atoms with Gasteiger partial charge in [-0.2, -0.15) is 0 Å². The van der Waals surface area contributed by atoms with Crippen molar-refractivity contribution in [2.24, 2.45) is 0 Å². The van der Waals surface area contributed by atoms with Gasteiger partial charge in [0.15, 0.2) is 0 Å². The number of amides is 2. The van der Waals surface area contributed by atoms with Crippen LogP contribution in [0.2, 0.25) is 5.02 Å². The minimum Gasteiger partial charge on any atom is -0.496 e. The molecule has 6 nitrogen and oxygen atoms in total. The van der Waals surface area contributed by atoms with Crippen molar-refractivity contribution in [3.63, 3.8) is 0 Å². The Balaban J connectivity index is 1.65. The lowest BCUT2D eigenvalue weighted by atomic mass is 10.1. The summed E-state index contributed by atoms with van der Waals surface area (Å²) in [6, 6.07) is 17.8. The largest absolute Gasteiger partial charge is 0.496 e. The Labute approximate surface area is 196 Å². The first kappa shape index (κ1) is 23.5. The van der Waals surface area contributed by atoms with E-state index in [0.29, 0.717) is 33.5 Å². The van der Waals surface area contributed by atoms with E-state index >= 15 is 0 Å². The molecule has 32 heavy (non-hydrogen) atoms. The molecule has 0 spiro atoms. The van der Waals surface area contributed by atoms with Crippen molar-refractivity contribution < 1.29 is 19.1 Å². The lowest BCUT2D eigenvalue weighted by Gasteiger charge is -2.13. The van der Waals surface area contributed by atoms with E-state index in [4.69, 9.17) is 21.1 Å². The van der Waals surface area contributed by atoms with E-state index in [-0.39, 0.29) is 17.6 Å². The van der Waals surface area contributed by atoms with Crippen LogP contribution >= 0.6 is 23.4 Å². The molecule has 0 bridgehead atoms. The zero-order chi connectivity index (χ0) is 23.1. The summed E-state index contributed by atoms with van der Waals surface area (Å²) in [6.45, 7) is 1.90. The molecule has 0 unspecified atom stereocenters. The third kappa shape index (κ3) is 5.96. The van der Waals surface area contributed by atoms with Gasteiger partial charge in [0.1, 0.15) is 17.1 Å². The summed E-state index contributed by atoms with van der Waals surface area (Å²) >= 11 is 7.37. The Morgan fingerprint density at radius 3 is 2.31 bits per heavy atom. The van der Waals surface area contributed by atoms with E-state index in [2.05, 4.69) is 10.6 Å². The number of aryl methyl sites for hydroxylation is 1. The molecule has 0 aliphatic carbocycles. The molecule has 0 saturated heterocycles. The van der Waals surface area contributed by atoms with Crippen LogP contribution in [0.3, 0.4) is 0 Å². The van der Waals surface area contributed by atoms with Crippen LogP contribution in [-0.2, 0) is 4.79 Å². The van der Waals surface area contributed by atoms with Gasteiger partial charge >= 0.3 is 0 Å². The number of halogens is 1. The van der Waals surface area contributed by atoms with Gasteiger partial charge in [0.25, 0.3) is 5.91 Å². The van der Waals surface area contributed by atoms with Crippen LogP contribution in [0.25, 0.3) is 0 Å². The van der Waals surface area contributed by atoms with Gasteiger partial charge in [0, 0.05) is 21.3 Å². The van der Waals surface area contributed by atoms with Gasteiger partial charge in [-0.05, 0) is 55.0 Å². The van der Waals surface area contributed by atoms with Gasteiger partial charge in [0.2, 0.25) is 5.91 Å². The Kier molecular flexibility index (Phi) is 8.03. The molecule has 0 aliphatic heterocycles. The molecule has 2 amide bonds. The lowest BCUT2D eigenvalue weighted by Crippen LogP contribution is -2.15. The van der Waals surface area contributed by atoms with Gasteiger partial charge in [-0.25, -0.2) is 0 Å². The molecule has 3 aromatic rings. The average Bonchev–Trinajstić information content (AvgIpc) is 2.79. The Bertz CT molecular complexity index is 1110. The van der Waals surface area contributed by atoms with Crippen LogP contribution in [0.15, 0.2) is 65.6 Å². The van der Waals surface area contributed by atoms with Crippen molar-refractivity contribution in [2.45, 2.75) is 11.8 Å². The fourth-order valence-corrected chi connectivity index (χ4v) is 3.92. The third-order valence-corrected chi connectivity index (χ3v) is 5.82. The number of anilines is 2. The quantitative estimate of drug-likeness (QED) is 0.416. The van der Waals surface area contributed by atoms with Gasteiger partial charge < -0.3 is 20.1 Å². The Morgan fingerprint density at radius 1 is 0.938 bits per heavy atom. The molecular weight excluding hydrogens is 448 g/mol. The summed E-state index contributed by atoms with van der Waals surface area (Å²) in [5.74, 6) is 0.550. The van der Waals surface area contributed by atoms with E-state index in [9.17, 15) is 9.59 Å². The first-order valence-electron chi connectivity index (χ1n) is 9.72. The number of ether oxygens (including phenoxy) is 2. The lowest BCUT2D eigenvalue weighted by molar-refractivity contribution is -0.113. The molecule has 0 saturated carbocycles. The van der Waals surface area contributed by atoms with E-state index in [1.165, 1.54) is 26.0 Å². The second-order valence-electron chi connectivity index (χ2n) is 6.82. The maximum atomic E-state index is 12.9. The molecule has 8 heteroatoms. The van der Waals surface area contributed by atoms with E-state index in [1.54, 1.807) is 36.4 Å². The molecule has 0 heterocycles. The SMILES string of the molecule is COc1cccc(OC)c1C(=O)Nc1cccc(SCC(=O)Nc2cc(Cl)ccc2C)c1. The molecule has 166 valence electrons. The van der Waals surface area contributed by atoms with Crippen molar-refractivity contribution in [3.05, 3.63) is 76.8 Å². The zero-order valence-corrected chi connectivity index (χ0v) is 19.5. The highest BCUT2D eigenvalue weighted by molar-refractivity contribution is 8.00. The smallest absolute Gasteiger partial charge is 0.263 e. The number of nitrogens with one attached hydrogen (secondary N) is 2. The molecule has 0 fully saturated rings. The number of hydrogen-bond acceptors (Lipinski definition) is 5. The van der Waals surface area contributed by atoms with Gasteiger partial charge in [-0.15, -0.1) is 11.8 Å². The maximum Gasteiger partial charge on any atom is 0.263 e. The summed E-state index contributed by atoms with van der Waals surface area (Å²) in [6.07, 6.45) is 0. The number of carbonyl (C=O) groups excluding carboxylic acids is 2. The minimum absolute atomic E-state index is 0.145. The van der Waals surface area contributed by atoms with Gasteiger partial charge in [-0.3, -0.25) is 9.59 Å². The Hall–Kier alpha value is -3.16. The second kappa shape index (κ2) is 10.9. The van der Waals surface area contributed by atoms with Crippen molar-refractivity contribution in [2.75, 3.05) is 30.6 Å². The topological polar surface area (TPSA) is 76.7 Å². The van der Waals surface area contributed by atoms with E-state index in [1.807, 2.05) is 31.2 Å². The monoisotopic (exact) mass is 470 g/mol. The van der Waals surface area contributed by atoms with Gasteiger partial charge in [0.05, 0.1) is 20.0 Å². The Morgan fingerprint density at radius 2 is 1.62 bits per heavy atom. The summed E-state index contributed by atoms with van der Waals surface area (Å²) in [7, 11) is 3.00. The highest BCUT2D eigenvalue weighted by Crippen LogP contribution is 2.30. The fraction of sp³-hybridized carbons (Fsp3) is 0.167. The number of rotatable bonds is 8. The van der Waals surface area contributed by atoms with Crippen LogP contribution in [0.4, 0.5) is 11.4 Å². The van der Waals surface area contributed by atoms with Crippen LogP contribution in [0.1, 0.15) is 15.9 Å². The summed E-state index contributed by atoms with van der Waals surface area (Å²) < 4.78 is 10.6. The van der Waals surface area contributed by atoms with Crippen molar-refractivity contribution in [1.82, 2.24) is 0 Å². The molecule has 2 N–H and O–H groups in total. The highest BCUT2D eigenvalue weighted by atomic mass is 35.5. The van der Waals surface area contributed by atoms with Crippen LogP contribution in [-0.4, -0.2) is 31.8 Å². The molecule has 0 aromatic heterocycles. The van der Waals surface area contributed by atoms with Gasteiger partial charge in [-0.1, -0.05) is 29.8 Å². The first-order valence-corrected chi connectivity index (χ1v) is 11.1. The number of carbonyl (C=O) groups is 2. The van der Waals surface area contributed by atoms with E-state index < -0.39 is 0 Å². The van der Waals surface area contributed by atoms with Crippen LogP contribution in [0, 0.1) is 6.92 Å². The van der Waals surface area contributed by atoms with Crippen molar-refractivity contribution in [1.29, 1.82) is 0 Å². The standard InChI is InChI=1S/C24H23ClN2O4S/c1-15-10-11-16(25)12-19(15)27-22(28)14-32-18-7-4-6-17(13-18)26-24(29)23-20(30-2)8-5-9-21(23)31-3/h4-13H,14H2,1-3H3,(H,26,29)(H,27,28). The normalized spacial score (nSPS) is 10.4. The summed E-state index contributed by atoms with van der Waals surface area (Å²) in [4.78, 5) is 26.1. The number of methoxy groups -OCH3 is 2. The van der Waals surface area contributed by atoms with Crippen LogP contribution < -0.4 is 20.1 Å².